The van der Waals surface area contributed by atoms with E-state index >= 15 is 0 Å². The summed E-state index contributed by atoms with van der Waals surface area (Å²) in [6.45, 7) is 0.804. The number of hydrogen-bond acceptors (Lipinski definition) is 2. The lowest BCUT2D eigenvalue weighted by molar-refractivity contribution is -0.137. The first kappa shape index (κ1) is 20.2. The van der Waals surface area contributed by atoms with E-state index in [-0.39, 0.29) is 5.41 Å². The molecule has 2 fully saturated rings. The van der Waals surface area contributed by atoms with Gasteiger partial charge in [-0.05, 0) is 41.8 Å². The Hall–Kier alpha value is -2.73. The van der Waals surface area contributed by atoms with E-state index in [1.165, 1.54) is 23.3 Å². The summed E-state index contributed by atoms with van der Waals surface area (Å²) < 4.78 is 38.6. The number of halogens is 3. The molecule has 0 spiro atoms. The summed E-state index contributed by atoms with van der Waals surface area (Å²) in [4.78, 5) is 7.05. The van der Waals surface area contributed by atoms with Crippen molar-refractivity contribution in [1.82, 2.24) is 4.90 Å². The highest BCUT2D eigenvalue weighted by molar-refractivity contribution is 8.14. The third kappa shape index (κ3) is 3.74. The molecule has 0 N–H and O–H groups in total. The highest BCUT2D eigenvalue weighted by atomic mass is 32.2. The van der Waals surface area contributed by atoms with Crippen LogP contribution in [-0.2, 0) is 11.6 Å². The van der Waals surface area contributed by atoms with E-state index in [9.17, 15) is 13.2 Å². The number of rotatable bonds is 3. The smallest absolute Gasteiger partial charge is 0.346 e. The fraction of sp³-hybridized carbons (Fsp3) is 0.240. The van der Waals surface area contributed by atoms with Gasteiger partial charge in [0.05, 0.1) is 11.3 Å². The monoisotopic (exact) mass is 438 g/mol. The Balaban J connectivity index is 1.48. The predicted octanol–water partition coefficient (Wildman–Crippen LogP) is 6.50. The zero-order chi connectivity index (χ0) is 21.5. The molecule has 2 aliphatic heterocycles. The zero-order valence-corrected chi connectivity index (χ0v) is 17.5. The van der Waals surface area contributed by atoms with Crippen molar-refractivity contribution >= 4 is 22.6 Å². The van der Waals surface area contributed by atoms with E-state index in [4.69, 9.17) is 4.99 Å². The Bertz CT molecular complexity index is 1040. The van der Waals surface area contributed by atoms with Gasteiger partial charge in [0.15, 0.2) is 5.17 Å². The molecule has 158 valence electrons. The molecular formula is C25H21F3N2S. The first-order valence-electron chi connectivity index (χ1n) is 10.2. The maximum Gasteiger partial charge on any atom is 0.416 e. The second-order valence-electron chi connectivity index (χ2n) is 8.05. The van der Waals surface area contributed by atoms with Crippen molar-refractivity contribution in [2.45, 2.75) is 24.1 Å². The van der Waals surface area contributed by atoms with Crippen molar-refractivity contribution in [2.75, 3.05) is 12.3 Å². The van der Waals surface area contributed by atoms with Crippen molar-refractivity contribution in [3.8, 4) is 0 Å². The Morgan fingerprint density at radius 2 is 1.42 bits per heavy atom. The fourth-order valence-corrected chi connectivity index (χ4v) is 5.84. The minimum Gasteiger partial charge on any atom is -0.346 e. The molecule has 2 aliphatic rings. The molecular weight excluding hydrogens is 417 g/mol. The summed E-state index contributed by atoms with van der Waals surface area (Å²) in [5, 5.41) is 0.887. The van der Waals surface area contributed by atoms with E-state index in [1.54, 1.807) is 11.8 Å². The van der Waals surface area contributed by atoms with Crippen molar-refractivity contribution < 1.29 is 13.2 Å². The van der Waals surface area contributed by atoms with Gasteiger partial charge < -0.3 is 4.90 Å². The Labute approximate surface area is 183 Å². The molecule has 0 saturated carbocycles. The summed E-state index contributed by atoms with van der Waals surface area (Å²) in [6.07, 6.45) is -3.35. The number of nitrogens with zero attached hydrogens (tertiary/aromatic N) is 2. The molecule has 2 nitrogen and oxygen atoms in total. The highest BCUT2D eigenvalue weighted by Crippen LogP contribution is 2.48. The number of alkyl halides is 3. The average molecular weight is 439 g/mol. The van der Waals surface area contributed by atoms with Crippen LogP contribution in [0.15, 0.2) is 89.9 Å². The number of fused-ring (bicyclic) bond motifs is 1. The Morgan fingerprint density at radius 1 is 0.839 bits per heavy atom. The van der Waals surface area contributed by atoms with Crippen LogP contribution >= 0.6 is 11.8 Å². The van der Waals surface area contributed by atoms with Crippen LogP contribution in [0.3, 0.4) is 0 Å². The van der Waals surface area contributed by atoms with Crippen LogP contribution in [0.1, 0.15) is 23.1 Å². The molecule has 31 heavy (non-hydrogen) atoms. The van der Waals surface area contributed by atoms with Crippen molar-refractivity contribution in [3.63, 3.8) is 0 Å². The normalized spacial score (nSPS) is 21.5. The maximum atomic E-state index is 12.9. The first-order valence-corrected chi connectivity index (χ1v) is 11.2. The molecule has 5 rings (SSSR count). The quantitative estimate of drug-likeness (QED) is 0.464. The fourth-order valence-electron chi connectivity index (χ4n) is 4.65. The molecule has 0 amide bonds. The van der Waals surface area contributed by atoms with Gasteiger partial charge in [-0.3, -0.25) is 0 Å². The minimum absolute atomic E-state index is 0.130. The first-order chi connectivity index (χ1) is 15.0. The lowest BCUT2D eigenvalue weighted by atomic mass is 9.73. The van der Waals surface area contributed by atoms with E-state index in [2.05, 4.69) is 53.4 Å². The number of hydrogen-bond donors (Lipinski definition) is 0. The topological polar surface area (TPSA) is 15.6 Å². The lowest BCUT2D eigenvalue weighted by Gasteiger charge is -2.31. The lowest BCUT2D eigenvalue weighted by Crippen LogP contribution is -2.33. The van der Waals surface area contributed by atoms with Crippen molar-refractivity contribution in [3.05, 3.63) is 102 Å². The summed E-state index contributed by atoms with van der Waals surface area (Å²) in [5.74, 6) is 0.931. The van der Waals surface area contributed by atoms with Crippen molar-refractivity contribution in [2.24, 2.45) is 4.99 Å². The van der Waals surface area contributed by atoms with Gasteiger partial charge in [-0.25, -0.2) is 4.99 Å². The van der Waals surface area contributed by atoms with Crippen LogP contribution in [0.5, 0.6) is 0 Å². The molecule has 2 heterocycles. The van der Waals surface area contributed by atoms with Gasteiger partial charge in [-0.2, -0.15) is 13.2 Å². The molecule has 0 radical (unpaired) electrons. The van der Waals surface area contributed by atoms with Gasteiger partial charge in [-0.1, -0.05) is 72.4 Å². The number of amidine groups is 1. The zero-order valence-electron chi connectivity index (χ0n) is 16.7. The maximum absolute atomic E-state index is 12.9. The molecule has 3 aromatic rings. The third-order valence-electron chi connectivity index (χ3n) is 6.19. The Morgan fingerprint density at radius 3 is 1.97 bits per heavy atom. The predicted molar refractivity (Wildman–Crippen MR) is 120 cm³/mol. The van der Waals surface area contributed by atoms with E-state index in [0.717, 1.165) is 36.0 Å². The number of thioether (sulfide) groups is 1. The van der Waals surface area contributed by atoms with Gasteiger partial charge in [0.1, 0.15) is 0 Å². The van der Waals surface area contributed by atoms with Gasteiger partial charge in [0.25, 0.3) is 0 Å². The molecule has 0 bridgehead atoms. The van der Waals surface area contributed by atoms with Crippen LogP contribution in [0.2, 0.25) is 0 Å². The van der Waals surface area contributed by atoms with Gasteiger partial charge in [0.2, 0.25) is 0 Å². The van der Waals surface area contributed by atoms with Crippen LogP contribution in [-0.4, -0.2) is 28.4 Å². The van der Waals surface area contributed by atoms with E-state index < -0.39 is 11.7 Å². The Kier molecular flexibility index (Phi) is 5.05. The van der Waals surface area contributed by atoms with Crippen molar-refractivity contribution in [1.29, 1.82) is 0 Å². The van der Waals surface area contributed by atoms with Crippen LogP contribution in [0.4, 0.5) is 18.9 Å². The van der Waals surface area contributed by atoms with Crippen LogP contribution in [0.25, 0.3) is 0 Å². The molecule has 2 saturated heterocycles. The molecule has 1 atom stereocenters. The summed E-state index contributed by atoms with van der Waals surface area (Å²) in [5.41, 5.74) is 2.34. The largest absolute Gasteiger partial charge is 0.416 e. The molecule has 1 unspecified atom stereocenters. The number of aliphatic imine (C=N–C) groups is 1. The summed E-state index contributed by atoms with van der Waals surface area (Å²) >= 11 is 1.68. The van der Waals surface area contributed by atoms with Crippen LogP contribution in [0, 0.1) is 0 Å². The molecule has 3 aromatic carbocycles. The standard InChI is InChI=1S/C25H21F3N2S/c26-25(27,28)20-11-13-21(14-12-20)29-23-30-17-24(15-22(30)16-31-23,18-7-3-1-4-8-18)19-9-5-2-6-10-19/h1-14,22H,15-17H2. The molecule has 6 heteroatoms. The van der Waals surface area contributed by atoms with Gasteiger partial charge in [0, 0.05) is 23.8 Å². The minimum atomic E-state index is -4.33. The highest BCUT2D eigenvalue weighted by Gasteiger charge is 2.50. The van der Waals surface area contributed by atoms with E-state index in [1.807, 2.05) is 12.1 Å². The van der Waals surface area contributed by atoms with Gasteiger partial charge >= 0.3 is 6.18 Å². The number of benzene rings is 3. The average Bonchev–Trinajstić information content (AvgIpc) is 3.34. The SMILES string of the molecule is FC(F)(F)c1ccc(N=C2SCC3CC(c4ccccc4)(c4ccccc4)CN23)cc1. The second kappa shape index (κ2) is 7.75. The summed E-state index contributed by atoms with van der Waals surface area (Å²) in [6, 6.07) is 26.6. The van der Waals surface area contributed by atoms with E-state index in [0.29, 0.717) is 11.7 Å². The van der Waals surface area contributed by atoms with Crippen LogP contribution < -0.4 is 0 Å². The van der Waals surface area contributed by atoms with Gasteiger partial charge in [-0.15, -0.1) is 0 Å². The third-order valence-corrected chi connectivity index (χ3v) is 7.32. The second-order valence-corrected chi connectivity index (χ2v) is 9.04. The molecule has 0 aromatic heterocycles. The molecule has 0 aliphatic carbocycles. The summed E-state index contributed by atoms with van der Waals surface area (Å²) in [7, 11) is 0.